The lowest BCUT2D eigenvalue weighted by molar-refractivity contribution is -0.384. The average molecular weight is 329 g/mol. The van der Waals surface area contributed by atoms with Crippen molar-refractivity contribution in [3.8, 4) is 0 Å². The third kappa shape index (κ3) is 3.08. The van der Waals surface area contributed by atoms with Crippen LogP contribution in [0.4, 0.5) is 11.4 Å². The number of benzene rings is 1. The summed E-state index contributed by atoms with van der Waals surface area (Å²) < 4.78 is 1.97. The van der Waals surface area contributed by atoms with Gasteiger partial charge in [0.05, 0.1) is 22.2 Å². The number of nitrogens with zero attached hydrogens (tertiary/aromatic N) is 4. The zero-order chi connectivity index (χ0) is 17.1. The van der Waals surface area contributed by atoms with E-state index in [0.717, 1.165) is 31.6 Å². The number of hydrogen-bond donors (Lipinski definition) is 1. The zero-order valence-corrected chi connectivity index (χ0v) is 13.4. The molecule has 1 aromatic carbocycles. The number of nitro groups is 1. The number of amides is 1. The van der Waals surface area contributed by atoms with E-state index >= 15 is 0 Å². The second-order valence-electron chi connectivity index (χ2n) is 5.74. The van der Waals surface area contributed by atoms with E-state index in [-0.39, 0.29) is 11.6 Å². The van der Waals surface area contributed by atoms with Gasteiger partial charge in [0.1, 0.15) is 0 Å². The predicted molar refractivity (Wildman–Crippen MR) is 89.2 cm³/mol. The van der Waals surface area contributed by atoms with Crippen LogP contribution in [0.15, 0.2) is 36.7 Å². The first-order valence-corrected chi connectivity index (χ1v) is 7.84. The van der Waals surface area contributed by atoms with Gasteiger partial charge in [0.15, 0.2) is 0 Å². The van der Waals surface area contributed by atoms with Crippen molar-refractivity contribution >= 4 is 17.3 Å². The summed E-state index contributed by atoms with van der Waals surface area (Å²) in [7, 11) is 1.52. The van der Waals surface area contributed by atoms with E-state index in [2.05, 4.69) is 15.3 Å². The van der Waals surface area contributed by atoms with E-state index < -0.39 is 4.92 Å². The monoisotopic (exact) mass is 329 g/mol. The molecule has 1 N–H and O–H groups in total. The number of anilines is 1. The van der Waals surface area contributed by atoms with E-state index in [4.69, 9.17) is 0 Å². The molecule has 2 aromatic rings. The van der Waals surface area contributed by atoms with Gasteiger partial charge >= 0.3 is 0 Å². The summed E-state index contributed by atoms with van der Waals surface area (Å²) >= 11 is 0. The van der Waals surface area contributed by atoms with Gasteiger partial charge in [-0.1, -0.05) is 0 Å². The van der Waals surface area contributed by atoms with Crippen LogP contribution in [0.3, 0.4) is 0 Å². The fourth-order valence-corrected chi connectivity index (χ4v) is 3.10. The summed E-state index contributed by atoms with van der Waals surface area (Å²) in [6, 6.07) is 6.70. The number of nitrogens with one attached hydrogen (secondary N) is 1. The molecule has 8 nitrogen and oxygen atoms in total. The van der Waals surface area contributed by atoms with E-state index in [1.165, 1.54) is 19.2 Å². The minimum absolute atomic E-state index is 0.0798. The lowest BCUT2D eigenvalue weighted by Crippen LogP contribution is -2.36. The SMILES string of the molecule is CNC(=O)c1cc([N+](=O)[O-])ccc1N1CCC(n2cccn2)CC1. The van der Waals surface area contributed by atoms with Crippen LogP contribution < -0.4 is 10.2 Å². The summed E-state index contributed by atoms with van der Waals surface area (Å²) in [5, 5.41) is 17.8. The average Bonchev–Trinajstić information content (AvgIpc) is 3.15. The Hall–Kier alpha value is -2.90. The Balaban J connectivity index is 1.82. The molecule has 8 heteroatoms. The lowest BCUT2D eigenvalue weighted by Gasteiger charge is -2.34. The van der Waals surface area contributed by atoms with Crippen LogP contribution in [-0.2, 0) is 0 Å². The molecule has 0 spiro atoms. The van der Waals surface area contributed by atoms with Crippen molar-refractivity contribution in [3.05, 3.63) is 52.3 Å². The van der Waals surface area contributed by atoms with Gasteiger partial charge < -0.3 is 10.2 Å². The van der Waals surface area contributed by atoms with Gasteiger partial charge in [-0.05, 0) is 25.0 Å². The van der Waals surface area contributed by atoms with Crippen molar-refractivity contribution in [2.75, 3.05) is 25.0 Å². The molecular weight excluding hydrogens is 310 g/mol. The van der Waals surface area contributed by atoms with Crippen LogP contribution in [0.25, 0.3) is 0 Å². The summed E-state index contributed by atoms with van der Waals surface area (Å²) in [5.41, 5.74) is 0.992. The summed E-state index contributed by atoms with van der Waals surface area (Å²) in [4.78, 5) is 24.7. The molecule has 3 rings (SSSR count). The molecule has 1 saturated heterocycles. The largest absolute Gasteiger partial charge is 0.371 e. The fourth-order valence-electron chi connectivity index (χ4n) is 3.10. The van der Waals surface area contributed by atoms with E-state index in [1.54, 1.807) is 12.3 Å². The Morgan fingerprint density at radius 1 is 1.38 bits per heavy atom. The maximum atomic E-state index is 12.1. The Labute approximate surface area is 139 Å². The van der Waals surface area contributed by atoms with Gasteiger partial charge in [-0.3, -0.25) is 19.6 Å². The van der Waals surface area contributed by atoms with Gasteiger partial charge in [-0.2, -0.15) is 5.10 Å². The van der Waals surface area contributed by atoms with Crippen LogP contribution in [-0.4, -0.2) is 40.7 Å². The molecule has 1 amide bonds. The molecule has 0 unspecified atom stereocenters. The molecule has 2 heterocycles. The predicted octanol–water partition coefficient (Wildman–Crippen LogP) is 1.99. The van der Waals surface area contributed by atoms with Crippen LogP contribution in [0.5, 0.6) is 0 Å². The number of non-ortho nitro benzene ring substituents is 1. The van der Waals surface area contributed by atoms with E-state index in [1.807, 2.05) is 16.9 Å². The maximum Gasteiger partial charge on any atom is 0.270 e. The number of piperidine rings is 1. The summed E-state index contributed by atoms with van der Waals surface area (Å²) in [6.45, 7) is 1.54. The third-order valence-corrected chi connectivity index (χ3v) is 4.37. The second-order valence-corrected chi connectivity index (χ2v) is 5.74. The van der Waals surface area contributed by atoms with Crippen LogP contribution in [0.2, 0.25) is 0 Å². The molecule has 0 saturated carbocycles. The summed E-state index contributed by atoms with van der Waals surface area (Å²) in [6.07, 6.45) is 5.55. The smallest absolute Gasteiger partial charge is 0.270 e. The van der Waals surface area contributed by atoms with Crippen molar-refractivity contribution in [3.63, 3.8) is 0 Å². The molecule has 0 atom stereocenters. The van der Waals surface area contributed by atoms with Crippen LogP contribution in [0, 0.1) is 10.1 Å². The first-order chi connectivity index (χ1) is 11.6. The molecule has 1 aliphatic heterocycles. The van der Waals surface area contributed by atoms with Crippen molar-refractivity contribution < 1.29 is 9.72 Å². The number of nitro benzene ring substituents is 1. The zero-order valence-electron chi connectivity index (χ0n) is 13.4. The number of aromatic nitrogens is 2. The highest BCUT2D eigenvalue weighted by molar-refractivity contribution is 6.00. The van der Waals surface area contributed by atoms with Gasteiger partial charge in [0.25, 0.3) is 11.6 Å². The lowest BCUT2D eigenvalue weighted by atomic mass is 10.0. The standard InChI is InChI=1S/C16H19N5O3/c1-17-16(22)14-11-13(21(23)24)3-4-15(14)19-9-5-12(6-10-19)20-8-2-7-18-20/h2-4,7-8,11-12H,5-6,9-10H2,1H3,(H,17,22). The number of carbonyl (C=O) groups excluding carboxylic acids is 1. The second kappa shape index (κ2) is 6.69. The number of rotatable bonds is 4. The Kier molecular flexibility index (Phi) is 4.45. The Bertz CT molecular complexity index is 736. The topological polar surface area (TPSA) is 93.3 Å². The first-order valence-electron chi connectivity index (χ1n) is 7.84. The van der Waals surface area contributed by atoms with Crippen molar-refractivity contribution in [1.82, 2.24) is 15.1 Å². The molecule has 0 aliphatic carbocycles. The van der Waals surface area contributed by atoms with E-state index in [0.29, 0.717) is 11.6 Å². The third-order valence-electron chi connectivity index (χ3n) is 4.37. The maximum absolute atomic E-state index is 12.1. The molecule has 0 radical (unpaired) electrons. The number of carbonyl (C=O) groups is 1. The van der Waals surface area contributed by atoms with Gasteiger partial charge in [-0.25, -0.2) is 0 Å². The van der Waals surface area contributed by atoms with Gasteiger partial charge in [-0.15, -0.1) is 0 Å². The highest BCUT2D eigenvalue weighted by atomic mass is 16.6. The van der Waals surface area contributed by atoms with Gasteiger partial charge in [0, 0.05) is 44.7 Å². The molecule has 126 valence electrons. The van der Waals surface area contributed by atoms with E-state index in [9.17, 15) is 14.9 Å². The van der Waals surface area contributed by atoms with Crippen molar-refractivity contribution in [2.45, 2.75) is 18.9 Å². The highest BCUT2D eigenvalue weighted by Crippen LogP contribution is 2.30. The summed E-state index contributed by atoms with van der Waals surface area (Å²) in [5.74, 6) is -0.317. The van der Waals surface area contributed by atoms with Crippen molar-refractivity contribution in [1.29, 1.82) is 0 Å². The highest BCUT2D eigenvalue weighted by Gasteiger charge is 2.25. The molecule has 1 fully saturated rings. The fraction of sp³-hybridized carbons (Fsp3) is 0.375. The van der Waals surface area contributed by atoms with Crippen LogP contribution >= 0.6 is 0 Å². The minimum atomic E-state index is -0.486. The normalized spacial score (nSPS) is 15.3. The Morgan fingerprint density at radius 2 is 2.12 bits per heavy atom. The molecule has 0 bridgehead atoms. The molecular formula is C16H19N5O3. The number of hydrogen-bond acceptors (Lipinski definition) is 5. The Morgan fingerprint density at radius 3 is 2.71 bits per heavy atom. The minimum Gasteiger partial charge on any atom is -0.371 e. The molecule has 1 aromatic heterocycles. The molecule has 1 aliphatic rings. The van der Waals surface area contributed by atoms with Crippen LogP contribution in [0.1, 0.15) is 29.2 Å². The van der Waals surface area contributed by atoms with Crippen molar-refractivity contribution in [2.24, 2.45) is 0 Å². The van der Waals surface area contributed by atoms with Gasteiger partial charge in [0.2, 0.25) is 0 Å². The quantitative estimate of drug-likeness (QED) is 0.684. The first kappa shape index (κ1) is 16.0. The molecule has 24 heavy (non-hydrogen) atoms.